The fraction of sp³-hybridized carbons (Fsp3) is 0.143. The average Bonchev–Trinajstić information content (AvgIpc) is 3.02. The van der Waals surface area contributed by atoms with Crippen LogP contribution in [0.4, 0.5) is 5.69 Å². The van der Waals surface area contributed by atoms with Gasteiger partial charge in [-0.05, 0) is 54.0 Å². The van der Waals surface area contributed by atoms with E-state index in [9.17, 15) is 35.4 Å². The summed E-state index contributed by atoms with van der Waals surface area (Å²) in [5.41, 5.74) is -0.955. The number of benzene rings is 3. The topological polar surface area (TPSA) is 149 Å². The molecule has 0 aromatic heterocycles. The lowest BCUT2D eigenvalue weighted by Gasteiger charge is -2.24. The summed E-state index contributed by atoms with van der Waals surface area (Å²) in [6.45, 7) is 6.86. The molecule has 0 fully saturated rings. The predicted octanol–water partition coefficient (Wildman–Crippen LogP) is 4.30. The van der Waals surface area contributed by atoms with Crippen molar-refractivity contribution in [3.8, 4) is 0 Å². The zero-order chi connectivity index (χ0) is 30.0. The van der Waals surface area contributed by atoms with E-state index in [4.69, 9.17) is 0 Å². The number of nitro benzene ring substituents is 1. The summed E-state index contributed by atoms with van der Waals surface area (Å²) in [7, 11) is -13.1. The molecular weight excluding hydrogens is 589 g/mol. The molecule has 1 unspecified atom stereocenters. The van der Waals surface area contributed by atoms with Crippen molar-refractivity contribution in [2.45, 2.75) is 26.4 Å². The van der Waals surface area contributed by atoms with Crippen molar-refractivity contribution in [2.75, 3.05) is 13.1 Å². The molecule has 3 aromatic carbocycles. The molecule has 0 saturated carbocycles. The largest absolute Gasteiger partial charge is 0.289 e. The third-order valence-corrected chi connectivity index (χ3v) is 12.7. The Labute approximate surface area is 239 Å². The summed E-state index contributed by atoms with van der Waals surface area (Å²) in [6, 6.07) is 19.5. The molecule has 0 aliphatic carbocycles. The second-order valence-corrected chi connectivity index (χ2v) is 15.1. The van der Waals surface area contributed by atoms with Crippen molar-refractivity contribution in [2.24, 2.45) is 0 Å². The van der Waals surface area contributed by atoms with E-state index < -0.39 is 68.4 Å². The maximum Gasteiger partial charge on any atom is 0.289 e. The van der Waals surface area contributed by atoms with E-state index in [0.29, 0.717) is 0 Å². The second-order valence-electron chi connectivity index (χ2n) is 9.11. The third kappa shape index (κ3) is 5.79. The standard InChI is InChI=1S/C28H26N2O8S3/c1-21-22(2)27(40(35,36)24-13-7-4-8-14-24)18-20-29(41(37,38)28-16-10-9-15-25(28)30(31)32)19-17-26(21)39(33,34)23-11-5-3-6-12-23/h3-17,27H,1-2,18-20H2/b26-17+. The first-order valence-electron chi connectivity index (χ1n) is 12.2. The van der Waals surface area contributed by atoms with Gasteiger partial charge in [-0.1, -0.05) is 61.7 Å². The van der Waals surface area contributed by atoms with Crippen LogP contribution in [0.3, 0.4) is 0 Å². The quantitative estimate of drug-likeness (QED) is 0.283. The van der Waals surface area contributed by atoms with Crippen LogP contribution in [0.2, 0.25) is 0 Å². The van der Waals surface area contributed by atoms with E-state index in [0.717, 1.165) is 22.5 Å². The highest BCUT2D eigenvalue weighted by atomic mass is 32.2. The fourth-order valence-electron chi connectivity index (χ4n) is 4.49. The van der Waals surface area contributed by atoms with E-state index in [-0.39, 0.29) is 27.4 Å². The Bertz CT molecular complexity index is 1870. The maximum atomic E-state index is 13.8. The van der Waals surface area contributed by atoms with Gasteiger partial charge >= 0.3 is 0 Å². The zero-order valence-electron chi connectivity index (χ0n) is 21.7. The van der Waals surface area contributed by atoms with Gasteiger partial charge in [0, 0.05) is 19.2 Å². The van der Waals surface area contributed by atoms with Crippen molar-refractivity contribution in [3.05, 3.63) is 130 Å². The number of sulfonamides is 1. The maximum absolute atomic E-state index is 13.8. The Hall–Kier alpha value is -3.91. The van der Waals surface area contributed by atoms with Crippen LogP contribution in [0.25, 0.3) is 0 Å². The lowest BCUT2D eigenvalue weighted by molar-refractivity contribution is -0.387. The summed E-state index contributed by atoms with van der Waals surface area (Å²) < 4.78 is 83.4. The summed E-state index contributed by atoms with van der Waals surface area (Å²) in [5, 5.41) is 10.2. The third-order valence-electron chi connectivity index (χ3n) is 6.66. The minimum absolute atomic E-state index is 0.0669. The van der Waals surface area contributed by atoms with Gasteiger partial charge in [0.2, 0.25) is 19.9 Å². The van der Waals surface area contributed by atoms with Crippen LogP contribution in [0.15, 0.2) is 135 Å². The van der Waals surface area contributed by atoms with Crippen LogP contribution in [-0.4, -0.2) is 52.8 Å². The number of para-hydroxylation sites is 1. The van der Waals surface area contributed by atoms with Crippen LogP contribution in [0.5, 0.6) is 0 Å². The number of allylic oxidation sites excluding steroid dienone is 1. The van der Waals surface area contributed by atoms with Crippen molar-refractivity contribution in [1.29, 1.82) is 0 Å². The molecule has 4 rings (SSSR count). The fourth-order valence-corrected chi connectivity index (χ4v) is 9.35. The molecule has 0 N–H and O–H groups in total. The van der Waals surface area contributed by atoms with Crippen molar-refractivity contribution >= 4 is 35.4 Å². The Morgan fingerprint density at radius 1 is 0.780 bits per heavy atom. The van der Waals surface area contributed by atoms with Gasteiger partial charge < -0.3 is 0 Å². The second kappa shape index (κ2) is 11.5. The number of sulfone groups is 2. The molecule has 41 heavy (non-hydrogen) atoms. The van der Waals surface area contributed by atoms with E-state index in [1.54, 1.807) is 12.1 Å². The van der Waals surface area contributed by atoms with Gasteiger partial charge in [-0.25, -0.2) is 25.3 Å². The van der Waals surface area contributed by atoms with E-state index in [1.165, 1.54) is 60.7 Å². The van der Waals surface area contributed by atoms with Gasteiger partial charge in [-0.2, -0.15) is 4.31 Å². The number of nitrogens with zero attached hydrogens (tertiary/aromatic N) is 2. The van der Waals surface area contributed by atoms with Gasteiger partial charge in [-0.3, -0.25) is 10.1 Å². The lowest BCUT2D eigenvalue weighted by Crippen LogP contribution is -2.35. The molecule has 13 heteroatoms. The summed E-state index contributed by atoms with van der Waals surface area (Å²) >= 11 is 0. The van der Waals surface area contributed by atoms with Gasteiger partial charge in [0.05, 0.1) is 24.9 Å². The minimum Gasteiger partial charge on any atom is -0.258 e. The molecule has 0 amide bonds. The molecule has 0 saturated heterocycles. The predicted molar refractivity (Wildman–Crippen MR) is 154 cm³/mol. The molecule has 0 radical (unpaired) electrons. The highest BCUT2D eigenvalue weighted by Gasteiger charge is 2.38. The highest BCUT2D eigenvalue weighted by molar-refractivity contribution is 7.95. The summed E-state index contributed by atoms with van der Waals surface area (Å²) in [5.74, 6) is 0. The van der Waals surface area contributed by atoms with Gasteiger partial charge in [0.15, 0.2) is 14.7 Å². The SMILES string of the molecule is C=C1C(=C)C(S(=O)(=O)c2ccccc2)CCN(S(=O)(=O)c2ccccc2[N+](=O)[O-])C/C=C\1S(=O)(=O)c1ccccc1. The van der Waals surface area contributed by atoms with Gasteiger partial charge in [-0.15, -0.1) is 0 Å². The molecule has 1 atom stereocenters. The Morgan fingerprint density at radius 2 is 1.32 bits per heavy atom. The Kier molecular flexibility index (Phi) is 8.45. The van der Waals surface area contributed by atoms with Crippen LogP contribution in [-0.2, 0) is 29.7 Å². The molecule has 3 aromatic rings. The molecule has 1 aliphatic heterocycles. The number of rotatable bonds is 7. The lowest BCUT2D eigenvalue weighted by atomic mass is 10.0. The number of hydrogen-bond acceptors (Lipinski definition) is 8. The summed E-state index contributed by atoms with van der Waals surface area (Å²) in [4.78, 5) is 9.59. The minimum atomic E-state index is -4.60. The normalized spacial score (nSPS) is 18.9. The molecule has 1 heterocycles. The van der Waals surface area contributed by atoms with Gasteiger partial charge in [0.1, 0.15) is 0 Å². The zero-order valence-corrected chi connectivity index (χ0v) is 24.1. The highest BCUT2D eigenvalue weighted by Crippen LogP contribution is 2.36. The van der Waals surface area contributed by atoms with E-state index in [1.807, 2.05) is 0 Å². The van der Waals surface area contributed by atoms with Crippen molar-refractivity contribution in [3.63, 3.8) is 0 Å². The molecular formula is C28H26N2O8S3. The molecule has 214 valence electrons. The van der Waals surface area contributed by atoms with Crippen molar-refractivity contribution in [1.82, 2.24) is 4.31 Å². The van der Waals surface area contributed by atoms with Crippen LogP contribution >= 0.6 is 0 Å². The van der Waals surface area contributed by atoms with E-state index >= 15 is 0 Å². The van der Waals surface area contributed by atoms with Crippen molar-refractivity contribution < 1.29 is 30.2 Å². The number of hydrogen-bond donors (Lipinski definition) is 0. The monoisotopic (exact) mass is 614 g/mol. The first kappa shape index (κ1) is 30.1. The Balaban J connectivity index is 1.91. The number of nitro groups is 1. The van der Waals surface area contributed by atoms with E-state index in [2.05, 4.69) is 13.2 Å². The van der Waals surface area contributed by atoms with Crippen LogP contribution in [0, 0.1) is 10.1 Å². The first-order valence-corrected chi connectivity index (χ1v) is 16.7. The summed E-state index contributed by atoms with van der Waals surface area (Å²) in [6.07, 6.45) is 0.807. The van der Waals surface area contributed by atoms with Crippen LogP contribution < -0.4 is 0 Å². The molecule has 0 bridgehead atoms. The smallest absolute Gasteiger partial charge is 0.258 e. The molecule has 1 aliphatic rings. The Morgan fingerprint density at radius 3 is 1.90 bits per heavy atom. The average molecular weight is 615 g/mol. The molecule has 10 nitrogen and oxygen atoms in total. The molecule has 0 spiro atoms. The van der Waals surface area contributed by atoms with Gasteiger partial charge in [0.25, 0.3) is 5.69 Å². The first-order chi connectivity index (χ1) is 19.3. The van der Waals surface area contributed by atoms with Crippen LogP contribution in [0.1, 0.15) is 6.42 Å².